The summed E-state index contributed by atoms with van der Waals surface area (Å²) >= 11 is 5.78. The van der Waals surface area contributed by atoms with E-state index in [1.165, 1.54) is 6.20 Å². The molecule has 92 valence electrons. The van der Waals surface area contributed by atoms with Crippen LogP contribution in [-0.2, 0) is 0 Å². The minimum Gasteiger partial charge on any atom is -0.476 e. The van der Waals surface area contributed by atoms with Crippen molar-refractivity contribution in [2.45, 2.75) is 0 Å². The molecule has 0 fully saturated rings. The first-order valence-corrected chi connectivity index (χ1v) is 4.81. The summed E-state index contributed by atoms with van der Waals surface area (Å²) < 4.78 is 0.922. The van der Waals surface area contributed by atoms with Crippen LogP contribution in [-0.4, -0.2) is 35.7 Å². The third-order valence-corrected chi connectivity index (χ3v) is 2.23. The molecule has 2 rings (SSSR count). The topological polar surface area (TPSA) is 124 Å². The van der Waals surface area contributed by atoms with Crippen LogP contribution in [0.15, 0.2) is 18.7 Å². The van der Waals surface area contributed by atoms with Crippen molar-refractivity contribution < 1.29 is 14.8 Å². The van der Waals surface area contributed by atoms with Crippen LogP contribution in [0.25, 0.3) is 5.82 Å². The van der Waals surface area contributed by atoms with Gasteiger partial charge in [0.15, 0.2) is 5.82 Å². The number of halogens is 1. The average Bonchev–Trinajstić information content (AvgIpc) is 2.74. The molecule has 0 saturated carbocycles. The van der Waals surface area contributed by atoms with Crippen LogP contribution in [0.3, 0.4) is 0 Å². The van der Waals surface area contributed by atoms with Gasteiger partial charge in [-0.3, -0.25) is 10.1 Å². The number of carbonyl (C=O) groups is 1. The first kappa shape index (κ1) is 11.9. The van der Waals surface area contributed by atoms with Gasteiger partial charge in [-0.15, -0.1) is 0 Å². The van der Waals surface area contributed by atoms with Gasteiger partial charge in [0.25, 0.3) is 0 Å². The van der Waals surface area contributed by atoms with E-state index >= 15 is 0 Å². The molecule has 0 unspecified atom stereocenters. The van der Waals surface area contributed by atoms with Gasteiger partial charge in [0, 0.05) is 0 Å². The Morgan fingerprint density at radius 1 is 1.56 bits per heavy atom. The maximum Gasteiger partial charge on any atom is 0.363 e. The summed E-state index contributed by atoms with van der Waals surface area (Å²) in [7, 11) is 0. The van der Waals surface area contributed by atoms with Gasteiger partial charge in [-0.25, -0.2) is 19.4 Å². The molecule has 0 aliphatic carbocycles. The summed E-state index contributed by atoms with van der Waals surface area (Å²) in [5.41, 5.74) is -1.33. The van der Waals surface area contributed by atoms with E-state index in [1.54, 1.807) is 0 Å². The highest BCUT2D eigenvalue weighted by atomic mass is 35.5. The molecule has 9 nitrogen and oxygen atoms in total. The number of aromatic carboxylic acids is 1. The zero-order valence-electron chi connectivity index (χ0n) is 8.52. The zero-order chi connectivity index (χ0) is 13.3. The minimum absolute atomic E-state index is 0.0577. The van der Waals surface area contributed by atoms with Crippen molar-refractivity contribution in [1.82, 2.24) is 19.7 Å². The van der Waals surface area contributed by atoms with Crippen LogP contribution in [0, 0.1) is 10.1 Å². The van der Waals surface area contributed by atoms with Crippen LogP contribution >= 0.6 is 11.6 Å². The summed E-state index contributed by atoms with van der Waals surface area (Å²) in [6.45, 7) is 0. The summed E-state index contributed by atoms with van der Waals surface area (Å²) in [5, 5.41) is 23.1. The number of carboxylic acids is 1. The lowest BCUT2D eigenvalue weighted by molar-refractivity contribution is -0.385. The summed E-state index contributed by atoms with van der Waals surface area (Å²) in [6, 6.07) is 0. The smallest absolute Gasteiger partial charge is 0.363 e. The molecule has 2 aromatic heterocycles. The van der Waals surface area contributed by atoms with Gasteiger partial charge in [-0.05, 0) is 0 Å². The van der Waals surface area contributed by atoms with E-state index in [2.05, 4.69) is 15.1 Å². The Labute approximate surface area is 104 Å². The van der Waals surface area contributed by atoms with E-state index in [1.807, 2.05) is 0 Å². The Bertz CT molecular complexity index is 609. The molecule has 0 aliphatic rings. The Balaban J connectivity index is 2.61. The van der Waals surface area contributed by atoms with Crippen LogP contribution in [0.2, 0.25) is 5.02 Å². The molecule has 0 atom stereocenters. The molecule has 0 spiro atoms. The van der Waals surface area contributed by atoms with E-state index in [0.29, 0.717) is 0 Å². The van der Waals surface area contributed by atoms with Crippen molar-refractivity contribution in [3.05, 3.63) is 39.6 Å². The third-order valence-electron chi connectivity index (χ3n) is 1.96. The average molecular weight is 270 g/mol. The number of aromatic nitrogens is 4. The predicted octanol–water partition coefficient (Wildman–Crippen LogP) is 0.922. The molecule has 2 heterocycles. The first-order chi connectivity index (χ1) is 8.50. The fourth-order valence-corrected chi connectivity index (χ4v) is 1.43. The maximum atomic E-state index is 10.8. The Morgan fingerprint density at radius 2 is 2.28 bits per heavy atom. The van der Waals surface area contributed by atoms with E-state index in [0.717, 1.165) is 17.2 Å². The monoisotopic (exact) mass is 269 g/mol. The van der Waals surface area contributed by atoms with Crippen LogP contribution < -0.4 is 0 Å². The van der Waals surface area contributed by atoms with Gasteiger partial charge in [0.2, 0.25) is 5.69 Å². The molecule has 0 saturated heterocycles. The fraction of sp³-hybridized carbons (Fsp3) is 0. The number of nitrogens with zero attached hydrogens (tertiary/aromatic N) is 5. The summed E-state index contributed by atoms with van der Waals surface area (Å²) in [5.74, 6) is -1.45. The molecule has 1 N–H and O–H groups in total. The Morgan fingerprint density at radius 3 is 2.78 bits per heavy atom. The van der Waals surface area contributed by atoms with Gasteiger partial charge in [0.05, 0.1) is 11.1 Å². The largest absolute Gasteiger partial charge is 0.476 e. The van der Waals surface area contributed by atoms with Crippen LogP contribution in [0.5, 0.6) is 0 Å². The molecule has 10 heteroatoms. The summed E-state index contributed by atoms with van der Waals surface area (Å²) in [6.07, 6.45) is 3.35. The molecule has 18 heavy (non-hydrogen) atoms. The molecule has 0 radical (unpaired) electrons. The van der Waals surface area contributed by atoms with E-state index in [4.69, 9.17) is 16.7 Å². The van der Waals surface area contributed by atoms with Gasteiger partial charge < -0.3 is 5.11 Å². The standard InChI is InChI=1S/C8H4ClN5O4/c9-4-1-10-3-11-7(4)13-2-5(14(17)18)6(12-13)8(15)16/h1-3H,(H,15,16). The van der Waals surface area contributed by atoms with Crippen molar-refractivity contribution in [2.24, 2.45) is 0 Å². The van der Waals surface area contributed by atoms with Gasteiger partial charge in [-0.2, -0.15) is 5.10 Å². The molecule has 0 aromatic carbocycles. The lowest BCUT2D eigenvalue weighted by atomic mass is 10.4. The number of nitro groups is 1. The van der Waals surface area contributed by atoms with E-state index in [9.17, 15) is 14.9 Å². The van der Waals surface area contributed by atoms with Gasteiger partial charge in [-0.1, -0.05) is 11.6 Å². The quantitative estimate of drug-likeness (QED) is 0.649. The van der Waals surface area contributed by atoms with Gasteiger partial charge >= 0.3 is 11.7 Å². The highest BCUT2D eigenvalue weighted by Crippen LogP contribution is 2.21. The van der Waals surface area contributed by atoms with Crippen molar-refractivity contribution in [3.8, 4) is 5.82 Å². The van der Waals surface area contributed by atoms with Crippen LogP contribution in [0.1, 0.15) is 10.5 Å². The molecule has 2 aromatic rings. The predicted molar refractivity (Wildman–Crippen MR) is 57.8 cm³/mol. The molecule has 0 aliphatic heterocycles. The van der Waals surface area contributed by atoms with E-state index < -0.39 is 22.3 Å². The SMILES string of the molecule is O=C(O)c1nn(-c2ncncc2Cl)cc1[N+](=O)[O-]. The van der Waals surface area contributed by atoms with Crippen LogP contribution in [0.4, 0.5) is 5.69 Å². The number of carboxylic acid groups (broad SMARTS) is 1. The van der Waals surface area contributed by atoms with E-state index in [-0.39, 0.29) is 10.8 Å². The number of rotatable bonds is 3. The normalized spacial score (nSPS) is 10.3. The summed E-state index contributed by atoms with van der Waals surface area (Å²) in [4.78, 5) is 28.0. The second kappa shape index (κ2) is 4.37. The maximum absolute atomic E-state index is 10.8. The Kier molecular flexibility index (Phi) is 2.90. The highest BCUT2D eigenvalue weighted by Gasteiger charge is 2.26. The molecule has 0 bridgehead atoms. The highest BCUT2D eigenvalue weighted by molar-refractivity contribution is 6.32. The second-order valence-electron chi connectivity index (χ2n) is 3.06. The third kappa shape index (κ3) is 1.98. The Hall–Kier alpha value is -2.55. The fourth-order valence-electron chi connectivity index (χ4n) is 1.23. The molecule has 0 amide bonds. The molecular weight excluding hydrogens is 266 g/mol. The van der Waals surface area contributed by atoms with Crippen molar-refractivity contribution in [1.29, 1.82) is 0 Å². The second-order valence-corrected chi connectivity index (χ2v) is 3.47. The number of hydrogen-bond donors (Lipinski definition) is 1. The lowest BCUT2D eigenvalue weighted by Crippen LogP contribution is -2.04. The number of hydrogen-bond acceptors (Lipinski definition) is 6. The molecular formula is C8H4ClN5O4. The minimum atomic E-state index is -1.51. The van der Waals surface area contributed by atoms with Crippen molar-refractivity contribution in [2.75, 3.05) is 0 Å². The van der Waals surface area contributed by atoms with Crippen molar-refractivity contribution in [3.63, 3.8) is 0 Å². The van der Waals surface area contributed by atoms with Gasteiger partial charge in [0.1, 0.15) is 17.5 Å². The first-order valence-electron chi connectivity index (χ1n) is 4.44. The van der Waals surface area contributed by atoms with Crippen molar-refractivity contribution >= 4 is 23.3 Å². The zero-order valence-corrected chi connectivity index (χ0v) is 9.27. The lowest BCUT2D eigenvalue weighted by Gasteiger charge is -1.99.